The molecule has 1 heterocycles. The van der Waals surface area contributed by atoms with Crippen LogP contribution in [0, 0.1) is 11.5 Å². The average molecular weight is 340 g/mol. The Morgan fingerprint density at radius 1 is 1.36 bits per heavy atom. The summed E-state index contributed by atoms with van der Waals surface area (Å²) in [6.45, 7) is 7.72. The molecular formula is C14H20N2O4SSi. The van der Waals surface area contributed by atoms with Gasteiger partial charge in [-0.25, -0.2) is 4.98 Å². The van der Waals surface area contributed by atoms with E-state index < -0.39 is 30.2 Å². The first kappa shape index (κ1) is 18.4. The lowest BCUT2D eigenvalue weighted by molar-refractivity contribution is -0.121. The first-order chi connectivity index (χ1) is 9.96. The Bertz CT molecular complexity index is 714. The van der Waals surface area contributed by atoms with Gasteiger partial charge < -0.3 is 5.32 Å². The van der Waals surface area contributed by atoms with Gasteiger partial charge in [0.1, 0.15) is 19.6 Å². The third-order valence-electron chi connectivity index (χ3n) is 2.25. The number of hydrogen-bond acceptors (Lipinski definition) is 5. The highest BCUT2D eigenvalue weighted by atomic mass is 32.2. The first-order valence-electron chi connectivity index (χ1n) is 6.66. The summed E-state index contributed by atoms with van der Waals surface area (Å²) >= 11 is 0. The van der Waals surface area contributed by atoms with Gasteiger partial charge in [-0.1, -0.05) is 31.6 Å². The number of pyridine rings is 1. The maximum atomic E-state index is 11.8. The molecule has 0 bridgehead atoms. The van der Waals surface area contributed by atoms with E-state index in [0.29, 0.717) is 11.5 Å². The molecule has 0 fully saturated rings. The van der Waals surface area contributed by atoms with Crippen LogP contribution in [0.15, 0.2) is 18.2 Å². The van der Waals surface area contributed by atoms with Crippen molar-refractivity contribution in [3.63, 3.8) is 0 Å². The van der Waals surface area contributed by atoms with E-state index in [2.05, 4.69) is 45.6 Å². The van der Waals surface area contributed by atoms with Crippen molar-refractivity contribution in [1.29, 1.82) is 0 Å². The topological polar surface area (TPSA) is 85.4 Å². The number of carbonyl (C=O) groups is 1. The zero-order valence-corrected chi connectivity index (χ0v) is 15.1. The van der Waals surface area contributed by atoms with Gasteiger partial charge in [0.05, 0.1) is 6.26 Å². The summed E-state index contributed by atoms with van der Waals surface area (Å²) in [5, 5.41) is 2.51. The van der Waals surface area contributed by atoms with Crippen LogP contribution in [0.4, 0.5) is 5.82 Å². The molecular weight excluding hydrogens is 320 g/mol. The number of carbonyl (C=O) groups excluding carboxylic acids is 1. The van der Waals surface area contributed by atoms with Gasteiger partial charge in [0, 0.05) is 0 Å². The number of amides is 1. The molecule has 1 atom stereocenters. The molecule has 8 heteroatoms. The lowest BCUT2D eigenvalue weighted by atomic mass is 10.3. The minimum Gasteiger partial charge on any atom is -0.308 e. The minimum atomic E-state index is -3.69. The molecule has 1 aromatic heterocycles. The molecule has 0 aliphatic heterocycles. The normalized spacial score (nSPS) is 13.0. The van der Waals surface area contributed by atoms with Crippen molar-refractivity contribution in [2.45, 2.75) is 32.7 Å². The second-order valence-corrected chi connectivity index (χ2v) is 12.2. The Kier molecular flexibility index (Phi) is 5.88. The molecule has 1 amide bonds. The van der Waals surface area contributed by atoms with Crippen molar-refractivity contribution in [1.82, 2.24) is 4.98 Å². The molecule has 1 rings (SSSR count). The molecule has 1 unspecified atom stereocenters. The first-order valence-corrected chi connectivity index (χ1v) is 12.0. The molecule has 0 aliphatic carbocycles. The molecule has 0 saturated heterocycles. The highest BCUT2D eigenvalue weighted by Gasteiger charge is 2.19. The lowest BCUT2D eigenvalue weighted by Crippen LogP contribution is -2.30. The molecule has 1 N–H and O–H groups in total. The summed E-state index contributed by atoms with van der Waals surface area (Å²) in [5.74, 6) is 2.70. The smallest absolute Gasteiger partial charge is 0.265 e. The summed E-state index contributed by atoms with van der Waals surface area (Å²) in [6.07, 6.45) is -0.240. The van der Waals surface area contributed by atoms with Gasteiger partial charge in [-0.05, 0) is 19.1 Å². The van der Waals surface area contributed by atoms with E-state index in [1.165, 1.54) is 6.92 Å². The van der Waals surface area contributed by atoms with Crippen molar-refractivity contribution in [3.05, 3.63) is 23.9 Å². The van der Waals surface area contributed by atoms with E-state index in [1.807, 2.05) is 0 Å². The van der Waals surface area contributed by atoms with Crippen LogP contribution in [0.2, 0.25) is 19.6 Å². The summed E-state index contributed by atoms with van der Waals surface area (Å²) in [5.41, 5.74) is 3.73. The number of rotatable bonds is 4. The van der Waals surface area contributed by atoms with Gasteiger partial charge in [0.2, 0.25) is 0 Å². The number of nitrogens with one attached hydrogen (secondary N) is 1. The Morgan fingerprint density at radius 2 is 2.00 bits per heavy atom. The van der Waals surface area contributed by atoms with Crippen LogP contribution in [0.5, 0.6) is 0 Å². The molecule has 120 valence electrons. The van der Waals surface area contributed by atoms with Crippen LogP contribution < -0.4 is 5.32 Å². The fourth-order valence-electron chi connectivity index (χ4n) is 1.36. The van der Waals surface area contributed by atoms with Crippen LogP contribution in [-0.2, 0) is 19.1 Å². The van der Waals surface area contributed by atoms with Crippen LogP contribution >= 0.6 is 0 Å². The second kappa shape index (κ2) is 7.04. The third-order valence-corrected chi connectivity index (χ3v) is 3.77. The number of nitrogens with zero attached hydrogens (tertiary/aromatic N) is 1. The van der Waals surface area contributed by atoms with Gasteiger partial charge in [-0.15, -0.1) is 5.54 Å². The van der Waals surface area contributed by atoms with Crippen LogP contribution in [-0.4, -0.2) is 39.7 Å². The van der Waals surface area contributed by atoms with E-state index in [1.54, 1.807) is 18.2 Å². The summed E-state index contributed by atoms with van der Waals surface area (Å²) in [4.78, 5) is 16.1. The van der Waals surface area contributed by atoms with E-state index in [-0.39, 0.29) is 0 Å². The number of aromatic nitrogens is 1. The molecule has 0 saturated carbocycles. The van der Waals surface area contributed by atoms with Crippen molar-refractivity contribution in [2.24, 2.45) is 0 Å². The second-order valence-electron chi connectivity index (χ2n) is 5.84. The predicted octanol–water partition coefficient (Wildman–Crippen LogP) is 1.61. The Hall–Kier alpha value is -1.69. The molecule has 0 aliphatic rings. The number of anilines is 1. The predicted molar refractivity (Wildman–Crippen MR) is 88.5 cm³/mol. The van der Waals surface area contributed by atoms with Crippen molar-refractivity contribution in [3.8, 4) is 11.5 Å². The van der Waals surface area contributed by atoms with Crippen molar-refractivity contribution < 1.29 is 17.4 Å². The Labute approximate surface area is 132 Å². The maximum Gasteiger partial charge on any atom is 0.265 e. The van der Waals surface area contributed by atoms with Crippen LogP contribution in [0.1, 0.15) is 12.6 Å². The van der Waals surface area contributed by atoms with Gasteiger partial charge >= 0.3 is 0 Å². The summed E-state index contributed by atoms with van der Waals surface area (Å²) in [7, 11) is -5.20. The monoisotopic (exact) mass is 340 g/mol. The fourth-order valence-corrected chi connectivity index (χ4v) is 2.47. The quantitative estimate of drug-likeness (QED) is 0.511. The van der Waals surface area contributed by atoms with Crippen LogP contribution in [0.25, 0.3) is 0 Å². The Balaban J connectivity index is 2.82. The minimum absolute atomic E-state index is 0.302. The molecule has 0 radical (unpaired) electrons. The maximum absolute atomic E-state index is 11.8. The standard InChI is InChI=1S/C14H20N2O4SSi/c1-11(20-21(2,18)19)14(17)16-13-8-6-7-12(15-13)9-10-22(3,4)5/h6-8,11H,1-5H3,(H,15,16,17). The molecule has 0 spiro atoms. The van der Waals surface area contributed by atoms with Gasteiger partial charge in [0.25, 0.3) is 16.0 Å². The third kappa shape index (κ3) is 7.35. The van der Waals surface area contributed by atoms with Crippen molar-refractivity contribution in [2.75, 3.05) is 11.6 Å². The van der Waals surface area contributed by atoms with E-state index >= 15 is 0 Å². The lowest BCUT2D eigenvalue weighted by Gasteiger charge is -2.11. The fraction of sp³-hybridized carbons (Fsp3) is 0.429. The van der Waals surface area contributed by atoms with Gasteiger partial charge in [-0.2, -0.15) is 8.42 Å². The van der Waals surface area contributed by atoms with Crippen molar-refractivity contribution >= 4 is 29.9 Å². The summed E-state index contributed by atoms with van der Waals surface area (Å²) in [6, 6.07) is 5.07. The van der Waals surface area contributed by atoms with Crippen LogP contribution in [0.3, 0.4) is 0 Å². The summed E-state index contributed by atoms with van der Waals surface area (Å²) < 4.78 is 26.6. The zero-order valence-electron chi connectivity index (χ0n) is 13.3. The molecule has 0 aromatic carbocycles. The van der Waals surface area contributed by atoms with E-state index in [0.717, 1.165) is 6.26 Å². The molecule has 22 heavy (non-hydrogen) atoms. The van der Waals surface area contributed by atoms with Gasteiger partial charge in [-0.3, -0.25) is 8.98 Å². The molecule has 6 nitrogen and oxygen atoms in total. The number of hydrogen-bond donors (Lipinski definition) is 1. The Morgan fingerprint density at radius 3 is 2.55 bits per heavy atom. The van der Waals surface area contributed by atoms with Gasteiger partial charge in [0.15, 0.2) is 6.10 Å². The van der Waals surface area contributed by atoms with E-state index in [4.69, 9.17) is 0 Å². The average Bonchev–Trinajstić information content (AvgIpc) is 2.34. The highest BCUT2D eigenvalue weighted by Crippen LogP contribution is 2.07. The highest BCUT2D eigenvalue weighted by molar-refractivity contribution is 7.86. The van der Waals surface area contributed by atoms with E-state index in [9.17, 15) is 13.2 Å². The largest absolute Gasteiger partial charge is 0.308 e. The SMILES string of the molecule is CC(OS(C)(=O)=O)C(=O)Nc1cccc(C#C[Si](C)(C)C)n1. The zero-order chi connectivity index (χ0) is 17.0. The molecule has 1 aromatic rings.